The van der Waals surface area contributed by atoms with Crippen LogP contribution in [0.3, 0.4) is 0 Å². The largest absolute Gasteiger partial charge is 0.310 e. The predicted octanol–water partition coefficient (Wildman–Crippen LogP) is 4.16. The number of aryl methyl sites for hydroxylation is 1. The molecule has 1 fully saturated rings. The third-order valence-corrected chi connectivity index (χ3v) is 4.95. The van der Waals surface area contributed by atoms with Crippen LogP contribution in [-0.2, 0) is 0 Å². The number of hydrogen-bond acceptors (Lipinski definition) is 2. The van der Waals surface area contributed by atoms with Crippen LogP contribution in [0.5, 0.6) is 0 Å². The third-order valence-electron chi connectivity index (χ3n) is 4.95. The first-order valence-electron chi connectivity index (χ1n) is 8.75. The Morgan fingerprint density at radius 1 is 1.14 bits per heavy atom. The standard InChI is InChI=1S/C19H32N2/c1-4-17-10-13-21(14-11-17)15-12-19(20-5-2)18-8-6-16(3)7-9-18/h6-9,17,19-20H,4-5,10-15H2,1-3H3. The van der Waals surface area contributed by atoms with Crippen molar-refractivity contribution in [3.63, 3.8) is 0 Å². The Balaban J connectivity index is 1.84. The molecular formula is C19H32N2. The van der Waals surface area contributed by atoms with Gasteiger partial charge in [-0.25, -0.2) is 0 Å². The average molecular weight is 288 g/mol. The maximum atomic E-state index is 3.65. The Labute approximate surface area is 130 Å². The normalized spacial score (nSPS) is 18.8. The van der Waals surface area contributed by atoms with Crippen LogP contribution in [0.1, 0.15) is 56.7 Å². The summed E-state index contributed by atoms with van der Waals surface area (Å²) in [6.07, 6.45) is 5.37. The first-order valence-corrected chi connectivity index (χ1v) is 8.75. The summed E-state index contributed by atoms with van der Waals surface area (Å²) in [5.41, 5.74) is 2.78. The highest BCUT2D eigenvalue weighted by Crippen LogP contribution is 2.22. The van der Waals surface area contributed by atoms with Crippen molar-refractivity contribution < 1.29 is 0 Å². The molecule has 2 heteroatoms. The van der Waals surface area contributed by atoms with Crippen molar-refractivity contribution in [1.29, 1.82) is 0 Å². The van der Waals surface area contributed by atoms with Gasteiger partial charge in [-0.05, 0) is 63.8 Å². The molecule has 1 heterocycles. The lowest BCUT2D eigenvalue weighted by Gasteiger charge is -2.32. The van der Waals surface area contributed by atoms with Gasteiger partial charge in [0.2, 0.25) is 0 Å². The van der Waals surface area contributed by atoms with Gasteiger partial charge in [-0.2, -0.15) is 0 Å². The zero-order valence-electron chi connectivity index (χ0n) is 14.1. The van der Waals surface area contributed by atoms with E-state index in [0.717, 1.165) is 12.5 Å². The van der Waals surface area contributed by atoms with Gasteiger partial charge in [0.05, 0.1) is 0 Å². The maximum absolute atomic E-state index is 3.65. The molecule has 1 saturated heterocycles. The second-order valence-electron chi connectivity index (χ2n) is 6.50. The second-order valence-corrected chi connectivity index (χ2v) is 6.50. The Bertz CT molecular complexity index is 391. The molecule has 0 bridgehead atoms. The van der Waals surface area contributed by atoms with Crippen molar-refractivity contribution in [2.24, 2.45) is 5.92 Å². The van der Waals surface area contributed by atoms with Crippen LogP contribution in [0.25, 0.3) is 0 Å². The van der Waals surface area contributed by atoms with E-state index < -0.39 is 0 Å². The van der Waals surface area contributed by atoms with Gasteiger partial charge in [0.1, 0.15) is 0 Å². The van der Waals surface area contributed by atoms with E-state index in [9.17, 15) is 0 Å². The summed E-state index contributed by atoms with van der Waals surface area (Å²) in [4.78, 5) is 2.66. The average Bonchev–Trinajstić information content (AvgIpc) is 2.53. The summed E-state index contributed by atoms with van der Waals surface area (Å²) in [7, 11) is 0. The van der Waals surface area contributed by atoms with Gasteiger partial charge in [-0.15, -0.1) is 0 Å². The Morgan fingerprint density at radius 2 is 1.81 bits per heavy atom. The predicted molar refractivity (Wildman–Crippen MR) is 91.7 cm³/mol. The monoisotopic (exact) mass is 288 g/mol. The third kappa shape index (κ3) is 5.12. The van der Waals surface area contributed by atoms with Gasteiger partial charge in [-0.3, -0.25) is 0 Å². The highest BCUT2D eigenvalue weighted by atomic mass is 15.1. The van der Waals surface area contributed by atoms with Gasteiger partial charge >= 0.3 is 0 Å². The summed E-state index contributed by atoms with van der Waals surface area (Å²) in [5, 5.41) is 3.65. The van der Waals surface area contributed by atoms with E-state index >= 15 is 0 Å². The van der Waals surface area contributed by atoms with Crippen LogP contribution in [-0.4, -0.2) is 31.1 Å². The lowest BCUT2D eigenvalue weighted by Crippen LogP contribution is -2.36. The molecule has 1 aromatic carbocycles. The van der Waals surface area contributed by atoms with Crippen LogP contribution in [0.4, 0.5) is 0 Å². The summed E-state index contributed by atoms with van der Waals surface area (Å²) < 4.78 is 0. The smallest absolute Gasteiger partial charge is 0.0332 e. The fraction of sp³-hybridized carbons (Fsp3) is 0.684. The molecule has 2 nitrogen and oxygen atoms in total. The molecule has 2 rings (SSSR count). The van der Waals surface area contributed by atoms with Crippen molar-refractivity contribution >= 4 is 0 Å². The van der Waals surface area contributed by atoms with Gasteiger partial charge in [0, 0.05) is 6.04 Å². The molecule has 1 aliphatic rings. The number of benzene rings is 1. The zero-order valence-corrected chi connectivity index (χ0v) is 14.1. The highest BCUT2D eigenvalue weighted by molar-refractivity contribution is 5.24. The molecule has 0 aliphatic carbocycles. The van der Waals surface area contributed by atoms with Crippen LogP contribution >= 0.6 is 0 Å². The van der Waals surface area contributed by atoms with Gasteiger partial charge < -0.3 is 10.2 Å². The van der Waals surface area contributed by atoms with Crippen LogP contribution in [0.15, 0.2) is 24.3 Å². The summed E-state index contributed by atoms with van der Waals surface area (Å²) in [6, 6.07) is 9.52. The fourth-order valence-corrected chi connectivity index (χ4v) is 3.36. The lowest BCUT2D eigenvalue weighted by atomic mass is 9.94. The van der Waals surface area contributed by atoms with Crippen LogP contribution < -0.4 is 5.32 Å². The van der Waals surface area contributed by atoms with E-state index in [1.54, 1.807) is 0 Å². The molecule has 0 aromatic heterocycles. The first kappa shape index (κ1) is 16.5. The molecular weight excluding hydrogens is 256 g/mol. The fourth-order valence-electron chi connectivity index (χ4n) is 3.36. The Hall–Kier alpha value is -0.860. The first-order chi connectivity index (χ1) is 10.2. The van der Waals surface area contributed by atoms with E-state index in [1.807, 2.05) is 0 Å². The van der Waals surface area contributed by atoms with Crippen molar-refractivity contribution in [1.82, 2.24) is 10.2 Å². The van der Waals surface area contributed by atoms with Crippen molar-refractivity contribution in [2.45, 2.75) is 52.5 Å². The number of piperidine rings is 1. The number of hydrogen-bond donors (Lipinski definition) is 1. The highest BCUT2D eigenvalue weighted by Gasteiger charge is 2.19. The van der Waals surface area contributed by atoms with Gasteiger partial charge in [0.25, 0.3) is 0 Å². The molecule has 1 atom stereocenters. The number of nitrogens with zero attached hydrogens (tertiary/aromatic N) is 1. The van der Waals surface area contributed by atoms with E-state index in [0.29, 0.717) is 6.04 Å². The zero-order chi connectivity index (χ0) is 15.1. The van der Waals surface area contributed by atoms with E-state index in [4.69, 9.17) is 0 Å². The van der Waals surface area contributed by atoms with E-state index in [2.05, 4.69) is 55.3 Å². The molecule has 0 amide bonds. The number of likely N-dealkylation sites (tertiary alicyclic amines) is 1. The Morgan fingerprint density at radius 3 is 2.38 bits per heavy atom. The molecule has 0 radical (unpaired) electrons. The summed E-state index contributed by atoms with van der Waals surface area (Å²) in [6.45, 7) is 11.5. The molecule has 1 aliphatic heterocycles. The second kappa shape index (κ2) is 8.55. The SMILES string of the molecule is CCNC(CCN1CCC(CC)CC1)c1ccc(C)cc1. The van der Waals surface area contributed by atoms with Crippen LogP contribution in [0, 0.1) is 12.8 Å². The van der Waals surface area contributed by atoms with Gasteiger partial charge in [0.15, 0.2) is 0 Å². The van der Waals surface area contributed by atoms with E-state index in [1.165, 1.54) is 56.4 Å². The summed E-state index contributed by atoms with van der Waals surface area (Å²) >= 11 is 0. The topological polar surface area (TPSA) is 15.3 Å². The van der Waals surface area contributed by atoms with E-state index in [-0.39, 0.29) is 0 Å². The molecule has 0 saturated carbocycles. The summed E-state index contributed by atoms with van der Waals surface area (Å²) in [5.74, 6) is 0.975. The molecule has 118 valence electrons. The van der Waals surface area contributed by atoms with Crippen molar-refractivity contribution in [3.05, 3.63) is 35.4 Å². The maximum Gasteiger partial charge on any atom is 0.0332 e. The molecule has 21 heavy (non-hydrogen) atoms. The Kier molecular flexibility index (Phi) is 6.72. The minimum absolute atomic E-state index is 0.500. The molecule has 1 aromatic rings. The minimum Gasteiger partial charge on any atom is -0.310 e. The number of rotatable bonds is 7. The number of nitrogens with one attached hydrogen (secondary N) is 1. The molecule has 0 spiro atoms. The van der Waals surface area contributed by atoms with Crippen molar-refractivity contribution in [2.75, 3.05) is 26.2 Å². The quantitative estimate of drug-likeness (QED) is 0.810. The molecule has 1 unspecified atom stereocenters. The minimum atomic E-state index is 0.500. The van der Waals surface area contributed by atoms with Crippen molar-refractivity contribution in [3.8, 4) is 0 Å². The van der Waals surface area contributed by atoms with Crippen LogP contribution in [0.2, 0.25) is 0 Å². The van der Waals surface area contributed by atoms with Gasteiger partial charge in [-0.1, -0.05) is 50.1 Å². The lowest BCUT2D eigenvalue weighted by molar-refractivity contribution is 0.174. The molecule has 1 N–H and O–H groups in total.